The summed E-state index contributed by atoms with van der Waals surface area (Å²) in [6.45, 7) is 3.12. The zero-order valence-corrected chi connectivity index (χ0v) is 11.2. The molecule has 0 fully saturated rings. The summed E-state index contributed by atoms with van der Waals surface area (Å²) >= 11 is 0. The molecule has 1 aromatic carbocycles. The van der Waals surface area contributed by atoms with Crippen molar-refractivity contribution in [1.29, 1.82) is 0 Å². The zero-order valence-electron chi connectivity index (χ0n) is 10.4. The second-order valence-corrected chi connectivity index (χ2v) is 5.83. The van der Waals surface area contributed by atoms with Crippen LogP contribution in [-0.2, 0) is 10.0 Å². The van der Waals surface area contributed by atoms with Gasteiger partial charge < -0.3 is 5.73 Å². The van der Waals surface area contributed by atoms with Crippen LogP contribution in [0.2, 0.25) is 0 Å². The highest BCUT2D eigenvalue weighted by Crippen LogP contribution is 2.24. The molecule has 19 heavy (non-hydrogen) atoms. The molecule has 4 N–H and O–H groups in total. The highest BCUT2D eigenvalue weighted by molar-refractivity contribution is 7.92. The van der Waals surface area contributed by atoms with Gasteiger partial charge in [0.15, 0.2) is 0 Å². The zero-order chi connectivity index (χ0) is 14.2. The first-order valence-electron chi connectivity index (χ1n) is 5.39. The van der Waals surface area contributed by atoms with Crippen LogP contribution in [-0.4, -0.2) is 18.6 Å². The summed E-state index contributed by atoms with van der Waals surface area (Å²) in [5.41, 5.74) is 6.50. The Balaban J connectivity index is 2.49. The predicted octanol–water partition coefficient (Wildman–Crippen LogP) is 1.55. The average Bonchev–Trinajstić information content (AvgIpc) is 2.69. The molecule has 1 aromatic heterocycles. The third kappa shape index (κ3) is 2.53. The lowest BCUT2D eigenvalue weighted by Gasteiger charge is -2.10. The molecule has 0 bridgehead atoms. The first kappa shape index (κ1) is 13.3. The number of halogens is 1. The van der Waals surface area contributed by atoms with Crippen molar-refractivity contribution in [2.45, 2.75) is 18.7 Å². The average molecular weight is 284 g/mol. The van der Waals surface area contributed by atoms with Gasteiger partial charge >= 0.3 is 0 Å². The number of hydrogen-bond acceptors (Lipinski definition) is 4. The number of aromatic nitrogens is 2. The van der Waals surface area contributed by atoms with Gasteiger partial charge in [-0.05, 0) is 31.5 Å². The lowest BCUT2D eigenvalue weighted by Crippen LogP contribution is -2.16. The van der Waals surface area contributed by atoms with E-state index in [4.69, 9.17) is 5.73 Å². The Morgan fingerprint density at radius 2 is 2.00 bits per heavy atom. The molecular formula is C11H13FN4O2S. The van der Waals surface area contributed by atoms with Crippen LogP contribution in [0, 0.1) is 19.7 Å². The minimum atomic E-state index is -4.06. The van der Waals surface area contributed by atoms with Gasteiger partial charge in [0.05, 0.1) is 6.20 Å². The molecule has 0 unspecified atom stereocenters. The molecule has 0 saturated heterocycles. The van der Waals surface area contributed by atoms with Gasteiger partial charge in [-0.1, -0.05) is 0 Å². The molecule has 0 aliphatic heterocycles. The van der Waals surface area contributed by atoms with Gasteiger partial charge in [-0.25, -0.2) is 12.8 Å². The van der Waals surface area contributed by atoms with E-state index in [9.17, 15) is 12.8 Å². The fourth-order valence-electron chi connectivity index (χ4n) is 1.60. The smallest absolute Gasteiger partial charge is 0.266 e. The van der Waals surface area contributed by atoms with Gasteiger partial charge in [0.25, 0.3) is 10.0 Å². The molecule has 0 saturated carbocycles. The topological polar surface area (TPSA) is 101 Å². The van der Waals surface area contributed by atoms with Gasteiger partial charge in [0.1, 0.15) is 16.5 Å². The summed E-state index contributed by atoms with van der Waals surface area (Å²) in [5.74, 6) is -0.627. The molecular weight excluding hydrogens is 271 g/mol. The maximum absolute atomic E-state index is 13.9. The summed E-state index contributed by atoms with van der Waals surface area (Å²) in [7, 11) is -4.06. The van der Waals surface area contributed by atoms with E-state index in [1.54, 1.807) is 6.92 Å². The van der Waals surface area contributed by atoms with Crippen LogP contribution in [0.25, 0.3) is 0 Å². The summed E-state index contributed by atoms with van der Waals surface area (Å²) in [6.07, 6.45) is 1.46. The number of nitrogens with one attached hydrogen (secondary N) is 2. The fraction of sp³-hybridized carbons (Fsp3) is 0.182. The van der Waals surface area contributed by atoms with Gasteiger partial charge in [0.2, 0.25) is 0 Å². The highest BCUT2D eigenvalue weighted by atomic mass is 32.2. The van der Waals surface area contributed by atoms with Crippen molar-refractivity contribution in [1.82, 2.24) is 10.2 Å². The lowest BCUT2D eigenvalue weighted by atomic mass is 10.2. The molecule has 6 nitrogen and oxygen atoms in total. The number of aromatic amines is 1. The van der Waals surface area contributed by atoms with Crippen molar-refractivity contribution in [3.8, 4) is 0 Å². The number of hydrogen-bond donors (Lipinski definition) is 3. The molecule has 0 aliphatic rings. The van der Waals surface area contributed by atoms with E-state index < -0.39 is 20.7 Å². The van der Waals surface area contributed by atoms with Crippen LogP contribution in [0.3, 0.4) is 0 Å². The van der Waals surface area contributed by atoms with Gasteiger partial charge in [-0.15, -0.1) is 0 Å². The van der Waals surface area contributed by atoms with E-state index >= 15 is 0 Å². The van der Waals surface area contributed by atoms with Crippen molar-refractivity contribution >= 4 is 21.5 Å². The second-order valence-electron chi connectivity index (χ2n) is 4.18. The highest BCUT2D eigenvalue weighted by Gasteiger charge is 2.22. The number of anilines is 2. The molecule has 0 spiro atoms. The Hall–Kier alpha value is -2.09. The van der Waals surface area contributed by atoms with Crippen molar-refractivity contribution in [2.75, 3.05) is 10.5 Å². The van der Waals surface area contributed by atoms with Gasteiger partial charge in [-0.2, -0.15) is 5.10 Å². The molecule has 0 atom stereocenters. The van der Waals surface area contributed by atoms with E-state index in [-0.39, 0.29) is 17.1 Å². The van der Waals surface area contributed by atoms with Gasteiger partial charge in [0, 0.05) is 11.3 Å². The fourth-order valence-corrected chi connectivity index (χ4v) is 2.87. The van der Waals surface area contributed by atoms with Crippen LogP contribution in [0.4, 0.5) is 15.9 Å². The monoisotopic (exact) mass is 284 g/mol. The maximum Gasteiger partial charge on any atom is 0.266 e. The first-order chi connectivity index (χ1) is 8.81. The standard InChI is InChI=1S/C11H13FN4O2S/c1-6-3-8(13)4-9(10(6)12)19(17,18)16-11-7(2)5-14-15-11/h3-5H,13H2,1-2H3,(H2,14,15,16). The normalized spacial score (nSPS) is 11.5. The lowest BCUT2D eigenvalue weighted by molar-refractivity contribution is 0.565. The Bertz CT molecular complexity index is 724. The number of rotatable bonds is 3. The van der Waals surface area contributed by atoms with Crippen molar-refractivity contribution in [3.63, 3.8) is 0 Å². The van der Waals surface area contributed by atoms with Crippen molar-refractivity contribution in [2.24, 2.45) is 0 Å². The number of H-pyrrole nitrogens is 1. The number of aryl methyl sites for hydroxylation is 2. The molecule has 0 radical (unpaired) electrons. The molecule has 102 valence electrons. The number of sulfonamides is 1. The molecule has 8 heteroatoms. The van der Waals surface area contributed by atoms with Crippen LogP contribution in [0.15, 0.2) is 23.2 Å². The molecule has 1 heterocycles. The Kier molecular flexibility index (Phi) is 3.19. The minimum Gasteiger partial charge on any atom is -0.399 e. The summed E-state index contributed by atoms with van der Waals surface area (Å²) in [4.78, 5) is -0.487. The second kappa shape index (κ2) is 4.54. The van der Waals surface area contributed by atoms with Gasteiger partial charge in [-0.3, -0.25) is 9.82 Å². The number of nitrogen functional groups attached to an aromatic ring is 1. The summed E-state index contributed by atoms with van der Waals surface area (Å²) < 4.78 is 40.4. The number of nitrogens with zero attached hydrogens (tertiary/aromatic N) is 1. The predicted molar refractivity (Wildman–Crippen MR) is 69.7 cm³/mol. The number of benzene rings is 1. The quantitative estimate of drug-likeness (QED) is 0.744. The largest absolute Gasteiger partial charge is 0.399 e. The SMILES string of the molecule is Cc1cn[nH]c1NS(=O)(=O)c1cc(N)cc(C)c1F. The molecule has 2 rings (SSSR count). The third-order valence-corrected chi connectivity index (χ3v) is 3.95. The first-order valence-corrected chi connectivity index (χ1v) is 6.88. The van der Waals surface area contributed by atoms with Crippen LogP contribution in [0.1, 0.15) is 11.1 Å². The minimum absolute atomic E-state index is 0.168. The summed E-state index contributed by atoms with van der Waals surface area (Å²) in [5, 5.41) is 6.17. The van der Waals surface area contributed by atoms with Crippen LogP contribution < -0.4 is 10.5 Å². The Morgan fingerprint density at radius 1 is 1.32 bits per heavy atom. The summed E-state index contributed by atoms with van der Waals surface area (Å²) in [6, 6.07) is 2.45. The third-order valence-electron chi connectivity index (χ3n) is 2.60. The Morgan fingerprint density at radius 3 is 2.58 bits per heavy atom. The van der Waals surface area contributed by atoms with E-state index in [1.807, 2.05) is 0 Å². The van der Waals surface area contributed by atoms with Crippen molar-refractivity contribution in [3.05, 3.63) is 35.3 Å². The maximum atomic E-state index is 13.9. The van der Waals surface area contributed by atoms with Crippen LogP contribution >= 0.6 is 0 Å². The molecule has 2 aromatic rings. The Labute approximate surface area is 109 Å². The molecule has 0 amide bonds. The van der Waals surface area contributed by atoms with E-state index in [0.717, 1.165) is 6.07 Å². The number of nitrogens with two attached hydrogens (primary N) is 1. The van der Waals surface area contributed by atoms with E-state index in [0.29, 0.717) is 5.56 Å². The van der Waals surface area contributed by atoms with Crippen LogP contribution in [0.5, 0.6) is 0 Å². The van der Waals surface area contributed by atoms with E-state index in [2.05, 4.69) is 14.9 Å². The van der Waals surface area contributed by atoms with Crippen molar-refractivity contribution < 1.29 is 12.8 Å². The van der Waals surface area contributed by atoms with E-state index in [1.165, 1.54) is 19.2 Å². The molecule has 0 aliphatic carbocycles.